The van der Waals surface area contributed by atoms with Crippen LogP contribution in [-0.2, 0) is 0 Å². The number of halogens is 1. The number of nitrogens with one attached hydrogen (secondary N) is 1. The fourth-order valence-electron chi connectivity index (χ4n) is 2.27. The van der Waals surface area contributed by atoms with Gasteiger partial charge in [0.05, 0.1) is 18.2 Å². The lowest BCUT2D eigenvalue weighted by atomic mass is 10.00. The van der Waals surface area contributed by atoms with E-state index in [0.29, 0.717) is 16.3 Å². The fourth-order valence-corrected chi connectivity index (χ4v) is 2.46. The van der Waals surface area contributed by atoms with Gasteiger partial charge in [0.2, 0.25) is 0 Å². The van der Waals surface area contributed by atoms with E-state index in [1.54, 1.807) is 25.3 Å². The third kappa shape index (κ3) is 3.03. The van der Waals surface area contributed by atoms with Gasteiger partial charge in [0.15, 0.2) is 5.78 Å². The first-order valence-electron chi connectivity index (χ1n) is 6.33. The summed E-state index contributed by atoms with van der Waals surface area (Å²) in [6.07, 6.45) is 4.35. The van der Waals surface area contributed by atoms with E-state index in [-0.39, 0.29) is 11.8 Å². The zero-order valence-corrected chi connectivity index (χ0v) is 11.3. The Morgan fingerprint density at radius 3 is 3.00 bits per heavy atom. The molecule has 1 N–H and O–H groups in total. The third-order valence-electron chi connectivity index (χ3n) is 3.31. The fraction of sp³-hybridized carbons (Fsp3) is 0.500. The van der Waals surface area contributed by atoms with Gasteiger partial charge in [0.1, 0.15) is 5.75 Å². The zero-order chi connectivity index (χ0) is 13.0. The summed E-state index contributed by atoms with van der Waals surface area (Å²) in [6.45, 7) is 0.918. The minimum atomic E-state index is -0.0709. The summed E-state index contributed by atoms with van der Waals surface area (Å²) in [4.78, 5) is 12.4. The number of ketones is 1. The van der Waals surface area contributed by atoms with E-state index in [0.717, 1.165) is 25.8 Å². The number of hydrogen-bond acceptors (Lipinski definition) is 3. The maximum absolute atomic E-state index is 12.4. The highest BCUT2D eigenvalue weighted by atomic mass is 35.5. The zero-order valence-electron chi connectivity index (χ0n) is 10.5. The molecule has 1 aliphatic heterocycles. The number of ether oxygens (including phenoxy) is 1. The molecule has 1 unspecified atom stereocenters. The third-order valence-corrected chi connectivity index (χ3v) is 3.62. The molecular weight excluding hydrogens is 250 g/mol. The van der Waals surface area contributed by atoms with Crippen molar-refractivity contribution in [2.75, 3.05) is 13.7 Å². The summed E-state index contributed by atoms with van der Waals surface area (Å²) in [5, 5.41) is 3.84. The quantitative estimate of drug-likeness (QED) is 0.856. The second-order valence-electron chi connectivity index (χ2n) is 4.57. The highest BCUT2D eigenvalue weighted by molar-refractivity contribution is 6.32. The van der Waals surface area contributed by atoms with Gasteiger partial charge in [-0.1, -0.05) is 24.4 Å². The average Bonchev–Trinajstić information content (AvgIpc) is 2.67. The van der Waals surface area contributed by atoms with E-state index >= 15 is 0 Å². The van der Waals surface area contributed by atoms with E-state index < -0.39 is 0 Å². The number of rotatable bonds is 3. The number of carbonyl (C=O) groups excluding carboxylic acids is 1. The Morgan fingerprint density at radius 2 is 2.22 bits per heavy atom. The Labute approximate surface area is 112 Å². The van der Waals surface area contributed by atoms with Crippen LogP contribution in [0.3, 0.4) is 0 Å². The molecule has 2 rings (SSSR count). The standard InChI is InChI=1S/C14H18ClNO2/c1-18-13-9-10(6-7-11(13)15)14(17)12-5-3-2-4-8-16-12/h6-7,9,12,16H,2-5,8H2,1H3. The molecule has 1 saturated heterocycles. The highest BCUT2D eigenvalue weighted by Gasteiger charge is 2.21. The van der Waals surface area contributed by atoms with Crippen molar-refractivity contribution in [2.45, 2.75) is 31.7 Å². The minimum absolute atomic E-state index is 0.0709. The monoisotopic (exact) mass is 267 g/mol. The van der Waals surface area contributed by atoms with Crippen LogP contribution in [0.1, 0.15) is 36.0 Å². The van der Waals surface area contributed by atoms with Crippen molar-refractivity contribution in [1.82, 2.24) is 5.32 Å². The predicted octanol–water partition coefficient (Wildman–Crippen LogP) is 3.06. The topological polar surface area (TPSA) is 38.3 Å². The highest BCUT2D eigenvalue weighted by Crippen LogP contribution is 2.26. The van der Waals surface area contributed by atoms with Crippen molar-refractivity contribution < 1.29 is 9.53 Å². The van der Waals surface area contributed by atoms with Crippen LogP contribution in [0.4, 0.5) is 0 Å². The van der Waals surface area contributed by atoms with Gasteiger partial charge in [0, 0.05) is 5.56 Å². The number of carbonyl (C=O) groups is 1. The lowest BCUT2D eigenvalue weighted by molar-refractivity contribution is 0.0940. The van der Waals surface area contributed by atoms with Crippen LogP contribution in [0.5, 0.6) is 5.75 Å². The Kier molecular flexibility index (Phi) is 4.61. The normalized spacial score (nSPS) is 20.2. The van der Waals surface area contributed by atoms with Crippen molar-refractivity contribution in [3.63, 3.8) is 0 Å². The van der Waals surface area contributed by atoms with Crippen LogP contribution in [-0.4, -0.2) is 25.5 Å². The predicted molar refractivity (Wildman–Crippen MR) is 72.6 cm³/mol. The molecule has 0 spiro atoms. The first-order valence-corrected chi connectivity index (χ1v) is 6.71. The van der Waals surface area contributed by atoms with E-state index in [1.807, 2.05) is 0 Å². The minimum Gasteiger partial charge on any atom is -0.495 e. The van der Waals surface area contributed by atoms with Gasteiger partial charge < -0.3 is 10.1 Å². The average molecular weight is 268 g/mol. The molecule has 1 aromatic rings. The van der Waals surface area contributed by atoms with Crippen molar-refractivity contribution in [2.24, 2.45) is 0 Å². The maximum atomic E-state index is 12.4. The molecule has 0 saturated carbocycles. The van der Waals surface area contributed by atoms with E-state index in [1.165, 1.54) is 6.42 Å². The van der Waals surface area contributed by atoms with Crippen molar-refractivity contribution in [3.05, 3.63) is 28.8 Å². The molecule has 0 radical (unpaired) electrons. The summed E-state index contributed by atoms with van der Waals surface area (Å²) in [5.74, 6) is 0.683. The Morgan fingerprint density at radius 1 is 1.39 bits per heavy atom. The van der Waals surface area contributed by atoms with Crippen molar-refractivity contribution in [3.8, 4) is 5.75 Å². The summed E-state index contributed by atoms with van der Waals surface area (Å²) < 4.78 is 5.14. The molecule has 0 bridgehead atoms. The van der Waals surface area contributed by atoms with Crippen LogP contribution >= 0.6 is 11.6 Å². The molecule has 18 heavy (non-hydrogen) atoms. The largest absolute Gasteiger partial charge is 0.495 e. The molecule has 0 aliphatic carbocycles. The number of methoxy groups -OCH3 is 1. The van der Waals surface area contributed by atoms with Crippen LogP contribution in [0, 0.1) is 0 Å². The molecule has 0 aromatic heterocycles. The lowest BCUT2D eigenvalue weighted by Gasteiger charge is -2.15. The number of benzene rings is 1. The van der Waals surface area contributed by atoms with Gasteiger partial charge in [-0.3, -0.25) is 4.79 Å². The van der Waals surface area contributed by atoms with E-state index in [9.17, 15) is 4.79 Å². The first kappa shape index (κ1) is 13.4. The molecule has 98 valence electrons. The Hall–Kier alpha value is -1.06. The molecule has 1 heterocycles. The smallest absolute Gasteiger partial charge is 0.179 e. The summed E-state index contributed by atoms with van der Waals surface area (Å²) in [7, 11) is 1.55. The SMILES string of the molecule is COc1cc(C(=O)C2CCCCCN2)ccc1Cl. The molecular formula is C14H18ClNO2. The second-order valence-corrected chi connectivity index (χ2v) is 4.98. The van der Waals surface area contributed by atoms with Crippen LogP contribution in [0.25, 0.3) is 0 Å². The molecule has 0 amide bonds. The molecule has 4 heteroatoms. The first-order chi connectivity index (χ1) is 8.72. The van der Waals surface area contributed by atoms with E-state index in [4.69, 9.17) is 16.3 Å². The van der Waals surface area contributed by atoms with Crippen molar-refractivity contribution >= 4 is 17.4 Å². The van der Waals surface area contributed by atoms with Gasteiger partial charge >= 0.3 is 0 Å². The van der Waals surface area contributed by atoms with Gasteiger partial charge in [-0.25, -0.2) is 0 Å². The lowest BCUT2D eigenvalue weighted by Crippen LogP contribution is -2.36. The summed E-state index contributed by atoms with van der Waals surface area (Å²) >= 11 is 5.96. The number of hydrogen-bond donors (Lipinski definition) is 1. The maximum Gasteiger partial charge on any atom is 0.179 e. The van der Waals surface area contributed by atoms with Crippen LogP contribution in [0.15, 0.2) is 18.2 Å². The van der Waals surface area contributed by atoms with Gasteiger partial charge in [-0.15, -0.1) is 0 Å². The van der Waals surface area contributed by atoms with Gasteiger partial charge in [0.25, 0.3) is 0 Å². The van der Waals surface area contributed by atoms with E-state index in [2.05, 4.69) is 5.32 Å². The molecule has 3 nitrogen and oxygen atoms in total. The molecule has 1 fully saturated rings. The Balaban J connectivity index is 2.16. The Bertz CT molecular complexity index is 426. The van der Waals surface area contributed by atoms with Crippen molar-refractivity contribution in [1.29, 1.82) is 0 Å². The summed E-state index contributed by atoms with van der Waals surface area (Å²) in [6, 6.07) is 5.12. The van der Waals surface area contributed by atoms with Gasteiger partial charge in [-0.2, -0.15) is 0 Å². The van der Waals surface area contributed by atoms with Crippen LogP contribution in [0.2, 0.25) is 5.02 Å². The van der Waals surface area contributed by atoms with Gasteiger partial charge in [-0.05, 0) is 37.6 Å². The molecule has 1 aliphatic rings. The molecule has 1 aromatic carbocycles. The number of Topliss-reactive ketones (excluding diaryl/α,β-unsaturated/α-hetero) is 1. The van der Waals surface area contributed by atoms with Crippen LogP contribution < -0.4 is 10.1 Å². The summed E-state index contributed by atoms with van der Waals surface area (Å²) in [5.41, 5.74) is 0.663. The second kappa shape index (κ2) is 6.21. The molecule has 1 atom stereocenters.